The number of thiophene rings is 1. The highest BCUT2D eigenvalue weighted by atomic mass is 32.2. The van der Waals surface area contributed by atoms with E-state index >= 15 is 0 Å². The number of nitriles is 1. The summed E-state index contributed by atoms with van der Waals surface area (Å²) in [7, 11) is 0. The average Bonchev–Trinajstić information content (AvgIpc) is 3.06. The average molecular weight is 409 g/mol. The topological polar surface area (TPSA) is 78.7 Å². The van der Waals surface area contributed by atoms with Gasteiger partial charge in [0.05, 0.1) is 18.2 Å². The summed E-state index contributed by atoms with van der Waals surface area (Å²) in [6.45, 7) is 1.91. The fourth-order valence-corrected chi connectivity index (χ4v) is 5.73. The normalized spacial score (nSPS) is 13.1. The zero-order chi connectivity index (χ0) is 19.5. The van der Waals surface area contributed by atoms with E-state index in [1.165, 1.54) is 35.0 Å². The quantitative estimate of drug-likeness (QED) is 0.490. The molecule has 0 bridgehead atoms. The SMILES string of the molecule is Cc1nc(SCC(=O)Nc2ccc(CC#N)cc2)c2c3c(sc2n1)CCCC3. The maximum atomic E-state index is 12.4. The van der Waals surface area contributed by atoms with Gasteiger partial charge >= 0.3 is 0 Å². The molecule has 0 saturated carbocycles. The van der Waals surface area contributed by atoms with E-state index in [0.29, 0.717) is 12.2 Å². The first-order valence-electron chi connectivity index (χ1n) is 9.31. The summed E-state index contributed by atoms with van der Waals surface area (Å²) >= 11 is 3.26. The van der Waals surface area contributed by atoms with Crippen molar-refractivity contribution in [1.29, 1.82) is 5.26 Å². The summed E-state index contributed by atoms with van der Waals surface area (Å²) in [6.07, 6.45) is 5.03. The second kappa shape index (κ2) is 8.29. The van der Waals surface area contributed by atoms with Crippen molar-refractivity contribution in [1.82, 2.24) is 9.97 Å². The molecule has 2 aromatic heterocycles. The van der Waals surface area contributed by atoms with Gasteiger partial charge in [-0.25, -0.2) is 9.97 Å². The molecule has 1 N–H and O–H groups in total. The summed E-state index contributed by atoms with van der Waals surface area (Å²) in [5.74, 6) is 0.990. The number of aryl methyl sites for hydroxylation is 3. The molecular weight excluding hydrogens is 388 g/mol. The second-order valence-electron chi connectivity index (χ2n) is 6.84. The third-order valence-corrected chi connectivity index (χ3v) is 6.92. The van der Waals surface area contributed by atoms with Crippen molar-refractivity contribution in [3.63, 3.8) is 0 Å². The molecule has 3 aromatic rings. The predicted octanol–water partition coefficient (Wildman–Crippen LogP) is 4.68. The van der Waals surface area contributed by atoms with Gasteiger partial charge in [-0.05, 0) is 55.9 Å². The number of hydrogen-bond acceptors (Lipinski definition) is 6. The molecule has 1 amide bonds. The van der Waals surface area contributed by atoms with Crippen LogP contribution in [-0.2, 0) is 24.1 Å². The van der Waals surface area contributed by atoms with Gasteiger partial charge in [-0.1, -0.05) is 23.9 Å². The van der Waals surface area contributed by atoms with Crippen LogP contribution < -0.4 is 5.32 Å². The number of hydrogen-bond donors (Lipinski definition) is 1. The molecule has 0 saturated heterocycles. The van der Waals surface area contributed by atoms with Crippen molar-refractivity contribution in [2.45, 2.75) is 44.1 Å². The van der Waals surface area contributed by atoms with E-state index in [-0.39, 0.29) is 5.91 Å². The Morgan fingerprint density at radius 3 is 2.82 bits per heavy atom. The fraction of sp³-hybridized carbons (Fsp3) is 0.333. The number of carbonyl (C=O) groups is 1. The Kier molecular flexibility index (Phi) is 5.60. The Morgan fingerprint density at radius 2 is 2.04 bits per heavy atom. The number of rotatable bonds is 5. The van der Waals surface area contributed by atoms with Crippen molar-refractivity contribution in [3.05, 3.63) is 46.1 Å². The molecule has 5 nitrogen and oxygen atoms in total. The van der Waals surface area contributed by atoms with Crippen LogP contribution in [0.3, 0.4) is 0 Å². The minimum atomic E-state index is -0.0634. The maximum absolute atomic E-state index is 12.4. The van der Waals surface area contributed by atoms with Crippen LogP contribution in [0.4, 0.5) is 5.69 Å². The Bertz CT molecular complexity index is 1070. The highest BCUT2D eigenvalue weighted by molar-refractivity contribution is 8.00. The number of nitrogens with one attached hydrogen (secondary N) is 1. The van der Waals surface area contributed by atoms with Crippen molar-refractivity contribution in [2.24, 2.45) is 0 Å². The van der Waals surface area contributed by atoms with Crippen LogP contribution in [0.1, 0.15) is 34.7 Å². The Balaban J connectivity index is 1.48. The van der Waals surface area contributed by atoms with Crippen molar-refractivity contribution >= 4 is 44.9 Å². The Hall–Kier alpha value is -2.43. The van der Waals surface area contributed by atoms with E-state index in [0.717, 1.165) is 45.2 Å². The van der Waals surface area contributed by atoms with Gasteiger partial charge in [0.1, 0.15) is 15.7 Å². The molecule has 1 aromatic carbocycles. The van der Waals surface area contributed by atoms with E-state index in [4.69, 9.17) is 5.26 Å². The van der Waals surface area contributed by atoms with Gasteiger partial charge in [0.25, 0.3) is 0 Å². The van der Waals surface area contributed by atoms with Crippen LogP contribution in [-0.4, -0.2) is 21.6 Å². The standard InChI is InChI=1S/C21H20N4OS2/c1-13-23-20(19-16-4-2-3-5-17(16)28-21(19)24-13)27-12-18(26)25-15-8-6-14(7-9-15)10-11-22/h6-9H,2-5,10,12H2,1H3,(H,25,26). The number of amides is 1. The lowest BCUT2D eigenvalue weighted by Crippen LogP contribution is -2.14. The third kappa shape index (κ3) is 4.03. The van der Waals surface area contributed by atoms with Gasteiger partial charge in [-0.15, -0.1) is 11.3 Å². The molecule has 0 unspecified atom stereocenters. The number of fused-ring (bicyclic) bond motifs is 3. The number of carbonyl (C=O) groups excluding carboxylic acids is 1. The monoisotopic (exact) mass is 408 g/mol. The lowest BCUT2D eigenvalue weighted by atomic mass is 9.97. The molecule has 0 aliphatic heterocycles. The molecule has 28 heavy (non-hydrogen) atoms. The molecule has 0 spiro atoms. The van der Waals surface area contributed by atoms with Crippen molar-refractivity contribution < 1.29 is 4.79 Å². The molecule has 1 aliphatic carbocycles. The third-order valence-electron chi connectivity index (χ3n) is 4.75. The summed E-state index contributed by atoms with van der Waals surface area (Å²) in [5.41, 5.74) is 3.07. The number of anilines is 1. The van der Waals surface area contributed by atoms with Crippen LogP contribution in [0, 0.1) is 18.3 Å². The van der Waals surface area contributed by atoms with Crippen LogP contribution in [0.5, 0.6) is 0 Å². The number of nitrogens with zero attached hydrogens (tertiary/aromatic N) is 3. The summed E-state index contributed by atoms with van der Waals surface area (Å²) < 4.78 is 0. The molecule has 0 atom stereocenters. The zero-order valence-electron chi connectivity index (χ0n) is 15.6. The molecule has 1 aliphatic rings. The summed E-state index contributed by atoms with van der Waals surface area (Å²) in [5, 5.41) is 13.7. The number of benzene rings is 1. The maximum Gasteiger partial charge on any atom is 0.234 e. The van der Waals surface area contributed by atoms with Crippen LogP contribution in [0.2, 0.25) is 0 Å². The van der Waals surface area contributed by atoms with Gasteiger partial charge in [0.2, 0.25) is 5.91 Å². The van der Waals surface area contributed by atoms with Gasteiger partial charge in [-0.3, -0.25) is 4.79 Å². The number of aromatic nitrogens is 2. The van der Waals surface area contributed by atoms with Gasteiger partial charge in [-0.2, -0.15) is 5.26 Å². The first-order valence-corrected chi connectivity index (χ1v) is 11.1. The largest absolute Gasteiger partial charge is 0.325 e. The van der Waals surface area contributed by atoms with Crippen molar-refractivity contribution in [2.75, 3.05) is 11.1 Å². The van der Waals surface area contributed by atoms with E-state index in [9.17, 15) is 4.79 Å². The first-order chi connectivity index (χ1) is 13.6. The minimum absolute atomic E-state index is 0.0634. The van der Waals surface area contributed by atoms with Gasteiger partial charge in [0.15, 0.2) is 0 Å². The fourth-order valence-electron chi connectivity index (χ4n) is 3.46. The molecule has 0 fully saturated rings. The van der Waals surface area contributed by atoms with Crippen LogP contribution in [0.25, 0.3) is 10.2 Å². The van der Waals surface area contributed by atoms with E-state index in [1.807, 2.05) is 31.2 Å². The zero-order valence-corrected chi connectivity index (χ0v) is 17.3. The second-order valence-corrected chi connectivity index (χ2v) is 8.88. The smallest absolute Gasteiger partial charge is 0.234 e. The molecule has 0 radical (unpaired) electrons. The van der Waals surface area contributed by atoms with Crippen molar-refractivity contribution in [3.8, 4) is 6.07 Å². The highest BCUT2D eigenvalue weighted by Crippen LogP contribution is 2.39. The molecular formula is C21H20N4OS2. The molecule has 142 valence electrons. The van der Waals surface area contributed by atoms with E-state index in [2.05, 4.69) is 21.4 Å². The lowest BCUT2D eigenvalue weighted by molar-refractivity contribution is -0.113. The summed E-state index contributed by atoms with van der Waals surface area (Å²) in [4.78, 5) is 24.2. The number of thioether (sulfide) groups is 1. The van der Waals surface area contributed by atoms with Gasteiger partial charge in [0, 0.05) is 16.0 Å². The van der Waals surface area contributed by atoms with Gasteiger partial charge < -0.3 is 5.32 Å². The van der Waals surface area contributed by atoms with Crippen LogP contribution >= 0.6 is 23.1 Å². The first kappa shape index (κ1) is 18.9. The highest BCUT2D eigenvalue weighted by Gasteiger charge is 2.21. The predicted molar refractivity (Wildman–Crippen MR) is 114 cm³/mol. The lowest BCUT2D eigenvalue weighted by Gasteiger charge is -2.12. The molecule has 4 rings (SSSR count). The van der Waals surface area contributed by atoms with E-state index in [1.54, 1.807) is 11.3 Å². The Labute approximate surface area is 172 Å². The molecule has 7 heteroatoms. The van der Waals surface area contributed by atoms with E-state index < -0.39 is 0 Å². The summed E-state index contributed by atoms with van der Waals surface area (Å²) in [6, 6.07) is 9.51. The molecule has 2 heterocycles. The Morgan fingerprint density at radius 1 is 1.25 bits per heavy atom. The minimum Gasteiger partial charge on any atom is -0.325 e. The van der Waals surface area contributed by atoms with Crippen LogP contribution in [0.15, 0.2) is 29.3 Å².